The van der Waals surface area contributed by atoms with Crippen molar-refractivity contribution >= 4 is 11.9 Å². The van der Waals surface area contributed by atoms with Gasteiger partial charge in [-0.25, -0.2) is 4.79 Å². The summed E-state index contributed by atoms with van der Waals surface area (Å²) in [6, 6.07) is 8.20. The zero-order valence-electron chi connectivity index (χ0n) is 10.1. The molecule has 5 heteroatoms. The van der Waals surface area contributed by atoms with E-state index in [0.29, 0.717) is 13.0 Å². The van der Waals surface area contributed by atoms with E-state index in [9.17, 15) is 9.59 Å². The third kappa shape index (κ3) is 4.69. The van der Waals surface area contributed by atoms with Gasteiger partial charge in [0, 0.05) is 13.0 Å². The standard InChI is InChI=1S/C13H17N3O2/c1-2-8-15-13(18)16-11(12(14)17)9-10-6-4-3-5-7-10/h2-7,11H,1,8-9H2,(H2,14,17)(H2,15,16,18)/t11-/m0/s1. The van der Waals surface area contributed by atoms with Crippen LogP contribution >= 0.6 is 0 Å². The highest BCUT2D eigenvalue weighted by Crippen LogP contribution is 2.02. The van der Waals surface area contributed by atoms with Crippen molar-refractivity contribution in [2.45, 2.75) is 12.5 Å². The van der Waals surface area contributed by atoms with Crippen molar-refractivity contribution in [3.8, 4) is 0 Å². The van der Waals surface area contributed by atoms with E-state index in [1.165, 1.54) is 0 Å². The number of carbonyl (C=O) groups excluding carboxylic acids is 2. The summed E-state index contributed by atoms with van der Waals surface area (Å²) < 4.78 is 0. The summed E-state index contributed by atoms with van der Waals surface area (Å²) >= 11 is 0. The molecule has 0 unspecified atom stereocenters. The van der Waals surface area contributed by atoms with Crippen LogP contribution in [0.1, 0.15) is 5.56 Å². The third-order valence-electron chi connectivity index (χ3n) is 2.34. The second-order valence-electron chi connectivity index (χ2n) is 3.79. The fourth-order valence-electron chi connectivity index (χ4n) is 1.45. The van der Waals surface area contributed by atoms with Crippen molar-refractivity contribution in [2.75, 3.05) is 6.54 Å². The van der Waals surface area contributed by atoms with Gasteiger partial charge in [0.25, 0.3) is 0 Å². The van der Waals surface area contributed by atoms with Gasteiger partial charge in [-0.2, -0.15) is 0 Å². The van der Waals surface area contributed by atoms with Crippen LogP contribution in [0.25, 0.3) is 0 Å². The normalized spacial score (nSPS) is 11.3. The number of hydrogen-bond donors (Lipinski definition) is 3. The van der Waals surface area contributed by atoms with E-state index < -0.39 is 18.0 Å². The van der Waals surface area contributed by atoms with Gasteiger partial charge >= 0.3 is 6.03 Å². The van der Waals surface area contributed by atoms with Crippen LogP contribution in [-0.4, -0.2) is 24.5 Å². The number of carbonyl (C=O) groups is 2. The van der Waals surface area contributed by atoms with Crippen LogP contribution in [0.4, 0.5) is 4.79 Å². The summed E-state index contributed by atoms with van der Waals surface area (Å²) in [4.78, 5) is 22.7. The second-order valence-corrected chi connectivity index (χ2v) is 3.79. The maximum Gasteiger partial charge on any atom is 0.315 e. The highest BCUT2D eigenvalue weighted by Gasteiger charge is 2.17. The lowest BCUT2D eigenvalue weighted by molar-refractivity contribution is -0.119. The topological polar surface area (TPSA) is 84.2 Å². The molecule has 4 N–H and O–H groups in total. The molecule has 0 aromatic heterocycles. The van der Waals surface area contributed by atoms with E-state index >= 15 is 0 Å². The molecule has 5 nitrogen and oxygen atoms in total. The SMILES string of the molecule is C=CCNC(=O)N[C@@H](Cc1ccccc1)C(N)=O. The monoisotopic (exact) mass is 247 g/mol. The lowest BCUT2D eigenvalue weighted by atomic mass is 10.1. The molecule has 0 bridgehead atoms. The molecule has 0 radical (unpaired) electrons. The van der Waals surface area contributed by atoms with E-state index in [2.05, 4.69) is 17.2 Å². The molecule has 1 aromatic rings. The Kier molecular flexibility index (Phi) is 5.44. The fourth-order valence-corrected chi connectivity index (χ4v) is 1.45. The molecular weight excluding hydrogens is 230 g/mol. The van der Waals surface area contributed by atoms with Crippen molar-refractivity contribution in [1.29, 1.82) is 0 Å². The Balaban J connectivity index is 2.58. The summed E-state index contributed by atoms with van der Waals surface area (Å²) in [6.45, 7) is 3.82. The van der Waals surface area contributed by atoms with Gasteiger partial charge in [0.05, 0.1) is 0 Å². The first-order valence-electron chi connectivity index (χ1n) is 5.62. The molecule has 0 spiro atoms. The fraction of sp³-hybridized carbons (Fsp3) is 0.231. The molecule has 0 saturated carbocycles. The quantitative estimate of drug-likeness (QED) is 0.642. The maximum atomic E-state index is 11.4. The van der Waals surface area contributed by atoms with Crippen molar-refractivity contribution in [3.05, 3.63) is 48.6 Å². The lowest BCUT2D eigenvalue weighted by Gasteiger charge is -2.15. The average Bonchev–Trinajstić information content (AvgIpc) is 2.36. The molecule has 1 atom stereocenters. The van der Waals surface area contributed by atoms with E-state index in [-0.39, 0.29) is 0 Å². The van der Waals surface area contributed by atoms with Crippen LogP contribution in [0.5, 0.6) is 0 Å². The number of nitrogens with one attached hydrogen (secondary N) is 2. The zero-order valence-corrected chi connectivity index (χ0v) is 10.1. The first-order chi connectivity index (χ1) is 8.63. The molecule has 1 aromatic carbocycles. The van der Waals surface area contributed by atoms with E-state index in [4.69, 9.17) is 5.73 Å². The van der Waals surface area contributed by atoms with Crippen molar-refractivity contribution in [1.82, 2.24) is 10.6 Å². The number of benzene rings is 1. The van der Waals surface area contributed by atoms with Crippen LogP contribution in [0.3, 0.4) is 0 Å². The van der Waals surface area contributed by atoms with Gasteiger partial charge in [-0.3, -0.25) is 4.79 Å². The van der Waals surface area contributed by atoms with Crippen LogP contribution < -0.4 is 16.4 Å². The molecular formula is C13H17N3O2. The van der Waals surface area contributed by atoms with Crippen molar-refractivity contribution < 1.29 is 9.59 Å². The largest absolute Gasteiger partial charge is 0.368 e. The van der Waals surface area contributed by atoms with Gasteiger partial charge in [-0.05, 0) is 5.56 Å². The predicted octanol–water partition coefficient (Wildman–Crippen LogP) is 0.568. The van der Waals surface area contributed by atoms with Crippen LogP contribution in [-0.2, 0) is 11.2 Å². The Hall–Kier alpha value is -2.30. The summed E-state index contributed by atoms with van der Waals surface area (Å²) in [6.07, 6.45) is 1.92. The molecule has 96 valence electrons. The molecule has 0 aliphatic heterocycles. The van der Waals surface area contributed by atoms with Crippen LogP contribution in [0, 0.1) is 0 Å². The van der Waals surface area contributed by atoms with Crippen LogP contribution in [0.2, 0.25) is 0 Å². The Bertz CT molecular complexity index is 418. The van der Waals surface area contributed by atoms with Crippen LogP contribution in [0.15, 0.2) is 43.0 Å². The summed E-state index contributed by atoms with van der Waals surface area (Å²) in [7, 11) is 0. The summed E-state index contributed by atoms with van der Waals surface area (Å²) in [5.41, 5.74) is 6.20. The van der Waals surface area contributed by atoms with Gasteiger partial charge in [-0.1, -0.05) is 36.4 Å². The highest BCUT2D eigenvalue weighted by molar-refractivity contribution is 5.86. The summed E-state index contributed by atoms with van der Waals surface area (Å²) in [5.74, 6) is -0.562. The van der Waals surface area contributed by atoms with Gasteiger partial charge in [-0.15, -0.1) is 6.58 Å². The molecule has 0 saturated heterocycles. The Morgan fingerprint density at radius 3 is 2.56 bits per heavy atom. The number of rotatable bonds is 6. The van der Waals surface area contributed by atoms with Gasteiger partial charge < -0.3 is 16.4 Å². The predicted molar refractivity (Wildman–Crippen MR) is 69.9 cm³/mol. The molecule has 0 fully saturated rings. The van der Waals surface area contributed by atoms with Crippen molar-refractivity contribution in [2.24, 2.45) is 5.73 Å². The third-order valence-corrected chi connectivity index (χ3v) is 2.34. The minimum Gasteiger partial charge on any atom is -0.368 e. The van der Waals surface area contributed by atoms with E-state index in [1.807, 2.05) is 30.3 Å². The maximum absolute atomic E-state index is 11.4. The Labute approximate surface area is 106 Å². The van der Waals surface area contributed by atoms with Gasteiger partial charge in [0.2, 0.25) is 5.91 Å². The molecule has 0 aliphatic carbocycles. The molecule has 0 aliphatic rings. The molecule has 0 heterocycles. The first-order valence-corrected chi connectivity index (χ1v) is 5.62. The first kappa shape index (κ1) is 13.8. The Morgan fingerprint density at radius 2 is 2.00 bits per heavy atom. The summed E-state index contributed by atoms with van der Waals surface area (Å²) in [5, 5.41) is 5.05. The van der Waals surface area contributed by atoms with E-state index in [1.54, 1.807) is 6.08 Å². The van der Waals surface area contributed by atoms with E-state index in [0.717, 1.165) is 5.56 Å². The zero-order chi connectivity index (χ0) is 13.4. The number of nitrogens with two attached hydrogens (primary N) is 1. The Morgan fingerprint density at radius 1 is 1.33 bits per heavy atom. The number of urea groups is 1. The second kappa shape index (κ2) is 7.11. The van der Waals surface area contributed by atoms with Gasteiger partial charge in [0.15, 0.2) is 0 Å². The molecule has 18 heavy (non-hydrogen) atoms. The number of amides is 3. The highest BCUT2D eigenvalue weighted by atomic mass is 16.2. The minimum absolute atomic E-state index is 0.336. The number of primary amides is 1. The average molecular weight is 247 g/mol. The smallest absolute Gasteiger partial charge is 0.315 e. The van der Waals surface area contributed by atoms with Crippen molar-refractivity contribution in [3.63, 3.8) is 0 Å². The molecule has 3 amide bonds. The minimum atomic E-state index is -0.725. The number of hydrogen-bond acceptors (Lipinski definition) is 2. The molecule has 1 rings (SSSR count). The lowest BCUT2D eigenvalue weighted by Crippen LogP contribution is -2.49. The van der Waals surface area contributed by atoms with Gasteiger partial charge in [0.1, 0.15) is 6.04 Å².